The molecule has 0 aliphatic rings. The summed E-state index contributed by atoms with van der Waals surface area (Å²) in [7, 11) is 3.07. The highest BCUT2D eigenvalue weighted by Gasteiger charge is 2.14. The number of amides is 1. The minimum atomic E-state index is -0.385. The molecule has 0 saturated heterocycles. The van der Waals surface area contributed by atoms with Gasteiger partial charge in [-0.2, -0.15) is 4.99 Å². The number of carbonyl (C=O) groups excluding carboxylic acids is 1. The summed E-state index contributed by atoms with van der Waals surface area (Å²) in [6.07, 6.45) is 1.78. The number of allylic oxidation sites excluding steroid dienone is 1. The van der Waals surface area contributed by atoms with Gasteiger partial charge in [0.2, 0.25) is 0 Å². The summed E-state index contributed by atoms with van der Waals surface area (Å²) in [4.78, 5) is 17.8. The Morgan fingerprint density at radius 2 is 2.08 bits per heavy atom. The zero-order valence-electron chi connectivity index (χ0n) is 14.4. The molecule has 2 aromatic carbocycles. The van der Waals surface area contributed by atoms with Gasteiger partial charge in [0, 0.05) is 11.0 Å². The van der Waals surface area contributed by atoms with E-state index >= 15 is 0 Å². The van der Waals surface area contributed by atoms with Gasteiger partial charge >= 0.3 is 0 Å². The summed E-state index contributed by atoms with van der Waals surface area (Å²) in [5, 5.41) is 0. The molecule has 134 valence electrons. The Kier molecular flexibility index (Phi) is 5.58. The molecule has 1 amide bonds. The monoisotopic (exact) mass is 432 g/mol. The van der Waals surface area contributed by atoms with E-state index in [2.05, 4.69) is 27.5 Å². The maximum Gasteiger partial charge on any atom is 0.283 e. The fourth-order valence-electron chi connectivity index (χ4n) is 2.57. The minimum Gasteiger partial charge on any atom is -0.497 e. The van der Waals surface area contributed by atoms with Gasteiger partial charge in [0.25, 0.3) is 5.91 Å². The molecule has 0 aliphatic carbocycles. The second kappa shape index (κ2) is 7.88. The third-order valence-corrected chi connectivity index (χ3v) is 5.33. The summed E-state index contributed by atoms with van der Waals surface area (Å²) in [6, 6.07) is 11.0. The predicted octanol–water partition coefficient (Wildman–Crippen LogP) is 4.41. The lowest BCUT2D eigenvalue weighted by atomic mass is 10.2. The van der Waals surface area contributed by atoms with E-state index in [0.717, 1.165) is 14.7 Å². The molecule has 0 unspecified atom stereocenters. The molecule has 0 N–H and O–H groups in total. The van der Waals surface area contributed by atoms with Crippen molar-refractivity contribution in [2.75, 3.05) is 14.2 Å². The first-order chi connectivity index (χ1) is 12.6. The highest BCUT2D eigenvalue weighted by atomic mass is 79.9. The van der Waals surface area contributed by atoms with E-state index in [9.17, 15) is 4.79 Å². The first-order valence-electron chi connectivity index (χ1n) is 7.78. The van der Waals surface area contributed by atoms with Crippen LogP contribution in [0, 0.1) is 0 Å². The topological polar surface area (TPSA) is 52.8 Å². The van der Waals surface area contributed by atoms with E-state index in [-0.39, 0.29) is 5.91 Å². The van der Waals surface area contributed by atoms with Crippen LogP contribution in [0.2, 0.25) is 0 Å². The molecule has 3 aromatic rings. The van der Waals surface area contributed by atoms with Crippen molar-refractivity contribution in [1.82, 2.24) is 4.57 Å². The Balaban J connectivity index is 2.16. The van der Waals surface area contributed by atoms with Crippen LogP contribution in [0.1, 0.15) is 10.4 Å². The van der Waals surface area contributed by atoms with Crippen molar-refractivity contribution in [3.05, 3.63) is 63.9 Å². The molecule has 0 radical (unpaired) electrons. The summed E-state index contributed by atoms with van der Waals surface area (Å²) in [5.41, 5.74) is 1.36. The van der Waals surface area contributed by atoms with Crippen LogP contribution in [0.5, 0.6) is 11.5 Å². The van der Waals surface area contributed by atoms with Gasteiger partial charge in [-0.15, -0.1) is 6.58 Å². The molecule has 1 aromatic heterocycles. The van der Waals surface area contributed by atoms with E-state index in [1.165, 1.54) is 18.4 Å². The van der Waals surface area contributed by atoms with Gasteiger partial charge in [-0.25, -0.2) is 0 Å². The fraction of sp³-hybridized carbons (Fsp3) is 0.158. The molecule has 0 aliphatic heterocycles. The van der Waals surface area contributed by atoms with Crippen molar-refractivity contribution < 1.29 is 14.3 Å². The third kappa shape index (κ3) is 3.59. The van der Waals surface area contributed by atoms with Crippen LogP contribution in [-0.4, -0.2) is 24.7 Å². The number of halogens is 1. The number of rotatable bonds is 5. The predicted molar refractivity (Wildman–Crippen MR) is 107 cm³/mol. The zero-order chi connectivity index (χ0) is 18.7. The SMILES string of the molecule is C=CCn1c(=NC(=O)c2cc(OC)ccc2OC)sc2cc(Br)ccc21. The molecule has 5 nitrogen and oxygen atoms in total. The highest BCUT2D eigenvalue weighted by molar-refractivity contribution is 9.10. The maximum absolute atomic E-state index is 12.8. The van der Waals surface area contributed by atoms with Crippen molar-refractivity contribution >= 4 is 43.4 Å². The lowest BCUT2D eigenvalue weighted by molar-refractivity contribution is 0.0994. The maximum atomic E-state index is 12.8. The summed E-state index contributed by atoms with van der Waals surface area (Å²) < 4.78 is 14.5. The number of thiazole rings is 1. The summed E-state index contributed by atoms with van der Waals surface area (Å²) >= 11 is 4.93. The first kappa shape index (κ1) is 18.4. The molecule has 0 bridgehead atoms. The van der Waals surface area contributed by atoms with Gasteiger partial charge in [0.15, 0.2) is 4.80 Å². The van der Waals surface area contributed by atoms with Gasteiger partial charge in [0.1, 0.15) is 11.5 Å². The van der Waals surface area contributed by atoms with Crippen molar-refractivity contribution in [1.29, 1.82) is 0 Å². The molecule has 0 fully saturated rings. The Bertz CT molecular complexity index is 1050. The van der Waals surface area contributed by atoms with E-state index in [4.69, 9.17) is 9.47 Å². The van der Waals surface area contributed by atoms with Crippen LogP contribution >= 0.6 is 27.3 Å². The summed E-state index contributed by atoms with van der Waals surface area (Å²) in [5.74, 6) is 0.645. The van der Waals surface area contributed by atoms with Gasteiger partial charge < -0.3 is 14.0 Å². The average molecular weight is 433 g/mol. The van der Waals surface area contributed by atoms with Gasteiger partial charge in [-0.05, 0) is 36.4 Å². The minimum absolute atomic E-state index is 0.357. The van der Waals surface area contributed by atoms with Crippen molar-refractivity contribution in [2.45, 2.75) is 6.54 Å². The number of methoxy groups -OCH3 is 2. The number of benzene rings is 2. The second-order valence-corrected chi connectivity index (χ2v) is 7.30. The molecule has 1 heterocycles. The highest BCUT2D eigenvalue weighted by Crippen LogP contribution is 2.25. The normalized spacial score (nSPS) is 11.6. The number of fused-ring (bicyclic) bond motifs is 1. The second-order valence-electron chi connectivity index (χ2n) is 5.38. The van der Waals surface area contributed by atoms with Crippen LogP contribution < -0.4 is 14.3 Å². The number of ether oxygens (including phenoxy) is 2. The Morgan fingerprint density at radius 3 is 2.77 bits per heavy atom. The number of hydrogen-bond donors (Lipinski definition) is 0. The van der Waals surface area contributed by atoms with Gasteiger partial charge in [-0.1, -0.05) is 33.3 Å². The first-order valence-corrected chi connectivity index (χ1v) is 9.39. The molecule has 26 heavy (non-hydrogen) atoms. The van der Waals surface area contributed by atoms with Gasteiger partial charge in [-0.3, -0.25) is 4.79 Å². The quantitative estimate of drug-likeness (QED) is 0.561. The Labute approximate surface area is 163 Å². The zero-order valence-corrected chi connectivity index (χ0v) is 16.8. The van der Waals surface area contributed by atoms with Gasteiger partial charge in [0.05, 0.1) is 30.0 Å². The lowest BCUT2D eigenvalue weighted by Crippen LogP contribution is -2.16. The molecular formula is C19H17BrN2O3S. The Morgan fingerprint density at radius 1 is 1.27 bits per heavy atom. The lowest BCUT2D eigenvalue weighted by Gasteiger charge is -2.07. The molecule has 0 saturated carbocycles. The summed E-state index contributed by atoms with van der Waals surface area (Å²) in [6.45, 7) is 4.36. The number of nitrogens with zero attached hydrogens (tertiary/aromatic N) is 2. The van der Waals surface area contributed by atoms with E-state index in [0.29, 0.717) is 28.4 Å². The van der Waals surface area contributed by atoms with Crippen molar-refractivity contribution in [3.8, 4) is 11.5 Å². The van der Waals surface area contributed by atoms with Crippen LogP contribution in [0.25, 0.3) is 10.2 Å². The number of carbonyl (C=O) groups is 1. The van der Waals surface area contributed by atoms with Crippen LogP contribution in [0.4, 0.5) is 0 Å². The van der Waals surface area contributed by atoms with Crippen LogP contribution in [-0.2, 0) is 6.54 Å². The van der Waals surface area contributed by atoms with E-state index in [1.807, 2.05) is 22.8 Å². The van der Waals surface area contributed by atoms with Crippen molar-refractivity contribution in [2.24, 2.45) is 4.99 Å². The number of hydrogen-bond acceptors (Lipinski definition) is 4. The standard InChI is InChI=1S/C19H17BrN2O3S/c1-4-9-22-15-7-5-12(20)10-17(15)26-19(22)21-18(23)14-11-13(24-2)6-8-16(14)25-3/h4-8,10-11H,1,9H2,2-3H3. The van der Waals surface area contributed by atoms with E-state index in [1.54, 1.807) is 31.4 Å². The third-order valence-electron chi connectivity index (χ3n) is 3.79. The molecule has 0 spiro atoms. The molecule has 0 atom stereocenters. The van der Waals surface area contributed by atoms with Crippen molar-refractivity contribution in [3.63, 3.8) is 0 Å². The van der Waals surface area contributed by atoms with Crippen LogP contribution in [0.3, 0.4) is 0 Å². The Hall–Kier alpha value is -2.38. The molecule has 7 heteroatoms. The fourth-order valence-corrected chi connectivity index (χ4v) is 4.16. The van der Waals surface area contributed by atoms with Crippen LogP contribution in [0.15, 0.2) is 58.5 Å². The molecular weight excluding hydrogens is 416 g/mol. The smallest absolute Gasteiger partial charge is 0.283 e. The average Bonchev–Trinajstić information content (AvgIpc) is 2.97. The number of aromatic nitrogens is 1. The van der Waals surface area contributed by atoms with E-state index < -0.39 is 0 Å². The molecule has 3 rings (SSSR count). The largest absolute Gasteiger partial charge is 0.497 e.